The Kier molecular flexibility index (Phi) is 4.48. The van der Waals surface area contributed by atoms with E-state index in [9.17, 15) is 0 Å². The third-order valence-electron chi connectivity index (χ3n) is 2.34. The number of benzene rings is 1. The molecule has 17 heavy (non-hydrogen) atoms. The largest absolute Gasteiger partial charge is 0.494 e. The molecule has 0 radical (unpaired) electrons. The lowest BCUT2D eigenvalue weighted by Gasteiger charge is -2.13. The Hall–Kier alpha value is -0.510. The van der Waals surface area contributed by atoms with Crippen LogP contribution in [0.5, 0.6) is 5.75 Å². The second-order valence-electron chi connectivity index (χ2n) is 3.48. The van der Waals surface area contributed by atoms with Gasteiger partial charge in [-0.05, 0) is 25.1 Å². The summed E-state index contributed by atoms with van der Waals surface area (Å²) in [6.07, 6.45) is 0. The van der Waals surface area contributed by atoms with E-state index in [2.05, 4.69) is 22.0 Å². The molecular weight excluding hydrogens is 320 g/mol. The summed E-state index contributed by atoms with van der Waals surface area (Å²) >= 11 is 11.2. The van der Waals surface area contributed by atoms with Gasteiger partial charge in [0.1, 0.15) is 5.75 Å². The molecule has 0 N–H and O–H groups in total. The van der Waals surface area contributed by atoms with Crippen LogP contribution in [0.4, 0.5) is 0 Å². The third-order valence-corrected chi connectivity index (χ3v) is 4.92. The molecule has 2 aromatic rings. The molecule has 4 heteroatoms. The highest BCUT2D eigenvalue weighted by molar-refractivity contribution is 9.09. The Labute approximate surface area is 119 Å². The van der Waals surface area contributed by atoms with Gasteiger partial charge in [0.15, 0.2) is 0 Å². The third kappa shape index (κ3) is 3.03. The van der Waals surface area contributed by atoms with Gasteiger partial charge in [-0.2, -0.15) is 0 Å². The van der Waals surface area contributed by atoms with E-state index < -0.39 is 0 Å². The van der Waals surface area contributed by atoms with Crippen molar-refractivity contribution in [3.8, 4) is 5.75 Å². The summed E-state index contributed by atoms with van der Waals surface area (Å²) in [5, 5.41) is 0. The number of alkyl halides is 1. The predicted molar refractivity (Wildman–Crippen MR) is 77.7 cm³/mol. The molecule has 2 rings (SSSR count). The normalized spacial score (nSPS) is 12.4. The van der Waals surface area contributed by atoms with Crippen LogP contribution in [-0.4, -0.2) is 6.61 Å². The zero-order valence-corrected chi connectivity index (χ0v) is 12.5. The van der Waals surface area contributed by atoms with Crippen molar-refractivity contribution in [3.63, 3.8) is 0 Å². The Balaban J connectivity index is 2.33. The molecule has 1 aromatic carbocycles. The summed E-state index contributed by atoms with van der Waals surface area (Å²) in [5.74, 6) is 0.918. The summed E-state index contributed by atoms with van der Waals surface area (Å²) in [4.78, 5) is 1.31. The van der Waals surface area contributed by atoms with Crippen LogP contribution in [-0.2, 0) is 0 Å². The van der Waals surface area contributed by atoms with Crippen LogP contribution in [0.1, 0.15) is 22.2 Å². The number of rotatable bonds is 4. The van der Waals surface area contributed by atoms with E-state index in [-0.39, 0.29) is 4.83 Å². The fourth-order valence-corrected chi connectivity index (χ4v) is 3.46. The summed E-state index contributed by atoms with van der Waals surface area (Å²) in [6, 6.07) is 12.0. The molecule has 1 aromatic heterocycles. The molecule has 0 saturated heterocycles. The lowest BCUT2D eigenvalue weighted by Crippen LogP contribution is -1.98. The van der Waals surface area contributed by atoms with Gasteiger partial charge in [0, 0.05) is 10.4 Å². The maximum absolute atomic E-state index is 5.96. The first-order chi connectivity index (χ1) is 8.22. The molecule has 1 atom stereocenters. The number of thiophene rings is 1. The first kappa shape index (κ1) is 12.9. The Morgan fingerprint density at radius 1 is 1.29 bits per heavy atom. The quantitative estimate of drug-likeness (QED) is 0.692. The van der Waals surface area contributed by atoms with Gasteiger partial charge in [-0.25, -0.2) is 0 Å². The van der Waals surface area contributed by atoms with Crippen LogP contribution >= 0.6 is 38.9 Å². The summed E-state index contributed by atoms with van der Waals surface area (Å²) in [6.45, 7) is 2.66. The van der Waals surface area contributed by atoms with Crippen LogP contribution in [0.3, 0.4) is 0 Å². The zero-order valence-electron chi connectivity index (χ0n) is 9.32. The van der Waals surface area contributed by atoms with Crippen LogP contribution in [0.15, 0.2) is 36.4 Å². The molecular formula is C13H12BrClOS. The lowest BCUT2D eigenvalue weighted by molar-refractivity contribution is 0.337. The molecule has 0 spiro atoms. The second-order valence-corrected chi connectivity index (χ2v) is 6.14. The number of halogens is 2. The second kappa shape index (κ2) is 5.89. The van der Waals surface area contributed by atoms with E-state index in [0.717, 1.165) is 15.6 Å². The van der Waals surface area contributed by atoms with Gasteiger partial charge in [-0.3, -0.25) is 0 Å². The lowest BCUT2D eigenvalue weighted by atomic mass is 10.1. The van der Waals surface area contributed by atoms with Gasteiger partial charge in [0.05, 0.1) is 15.8 Å². The highest BCUT2D eigenvalue weighted by Gasteiger charge is 2.16. The van der Waals surface area contributed by atoms with Crippen LogP contribution in [0.2, 0.25) is 4.34 Å². The average Bonchev–Trinajstić information content (AvgIpc) is 2.76. The standard InChI is InChI=1S/C13H12BrClOS/c1-2-16-10-6-4-3-5-9(10)13(14)11-7-8-12(15)17-11/h3-8,13H,2H2,1H3. The van der Waals surface area contributed by atoms with Crippen molar-refractivity contribution in [1.82, 2.24) is 0 Å². The van der Waals surface area contributed by atoms with Crippen molar-refractivity contribution in [1.29, 1.82) is 0 Å². The van der Waals surface area contributed by atoms with Gasteiger partial charge in [-0.15, -0.1) is 11.3 Å². The molecule has 0 aliphatic rings. The molecule has 0 amide bonds. The zero-order chi connectivity index (χ0) is 12.3. The van der Waals surface area contributed by atoms with E-state index in [1.165, 1.54) is 4.88 Å². The minimum Gasteiger partial charge on any atom is -0.494 e. The monoisotopic (exact) mass is 330 g/mol. The molecule has 0 fully saturated rings. The van der Waals surface area contributed by atoms with E-state index in [0.29, 0.717) is 6.61 Å². The first-order valence-electron chi connectivity index (χ1n) is 5.33. The highest BCUT2D eigenvalue weighted by Crippen LogP contribution is 2.40. The Morgan fingerprint density at radius 2 is 2.06 bits per heavy atom. The summed E-state index contributed by atoms with van der Waals surface area (Å²) < 4.78 is 6.43. The number of hydrogen-bond donors (Lipinski definition) is 0. The van der Waals surface area contributed by atoms with Crippen LogP contribution < -0.4 is 4.74 Å². The van der Waals surface area contributed by atoms with Gasteiger partial charge < -0.3 is 4.74 Å². The Bertz CT molecular complexity index is 498. The molecule has 90 valence electrons. The fourth-order valence-electron chi connectivity index (χ4n) is 1.59. The molecule has 0 aliphatic carbocycles. The smallest absolute Gasteiger partial charge is 0.123 e. The van der Waals surface area contributed by atoms with Crippen LogP contribution in [0, 0.1) is 0 Å². The van der Waals surface area contributed by atoms with Gasteiger partial charge in [-0.1, -0.05) is 45.7 Å². The van der Waals surface area contributed by atoms with Crippen molar-refractivity contribution in [2.75, 3.05) is 6.61 Å². The highest BCUT2D eigenvalue weighted by atomic mass is 79.9. The van der Waals surface area contributed by atoms with Gasteiger partial charge in [0.25, 0.3) is 0 Å². The number of ether oxygens (including phenoxy) is 1. The van der Waals surface area contributed by atoms with Gasteiger partial charge >= 0.3 is 0 Å². The van der Waals surface area contributed by atoms with E-state index in [1.54, 1.807) is 11.3 Å². The number of hydrogen-bond acceptors (Lipinski definition) is 2. The van der Waals surface area contributed by atoms with Crippen molar-refractivity contribution >= 4 is 38.9 Å². The SMILES string of the molecule is CCOc1ccccc1C(Br)c1ccc(Cl)s1. The van der Waals surface area contributed by atoms with E-state index >= 15 is 0 Å². The fraction of sp³-hybridized carbons (Fsp3) is 0.231. The summed E-state index contributed by atoms with van der Waals surface area (Å²) in [7, 11) is 0. The number of para-hydroxylation sites is 1. The first-order valence-corrected chi connectivity index (χ1v) is 7.44. The predicted octanol–water partition coefficient (Wildman–Crippen LogP) is 5.28. The molecule has 0 aliphatic heterocycles. The van der Waals surface area contributed by atoms with Crippen LogP contribution in [0.25, 0.3) is 0 Å². The average molecular weight is 332 g/mol. The maximum Gasteiger partial charge on any atom is 0.123 e. The molecule has 1 nitrogen and oxygen atoms in total. The van der Waals surface area contributed by atoms with Crippen molar-refractivity contribution in [2.45, 2.75) is 11.8 Å². The summed E-state index contributed by atoms with van der Waals surface area (Å²) in [5.41, 5.74) is 1.13. The minimum absolute atomic E-state index is 0.128. The van der Waals surface area contributed by atoms with Gasteiger partial charge in [0.2, 0.25) is 0 Å². The molecule has 1 unspecified atom stereocenters. The van der Waals surface area contributed by atoms with E-state index in [4.69, 9.17) is 16.3 Å². The Morgan fingerprint density at radius 3 is 2.71 bits per heavy atom. The van der Waals surface area contributed by atoms with Crippen molar-refractivity contribution < 1.29 is 4.74 Å². The van der Waals surface area contributed by atoms with E-state index in [1.807, 2.05) is 37.3 Å². The minimum atomic E-state index is 0.128. The molecule has 0 bridgehead atoms. The molecule has 1 heterocycles. The van der Waals surface area contributed by atoms with Crippen molar-refractivity contribution in [3.05, 3.63) is 51.2 Å². The maximum atomic E-state index is 5.96. The molecule has 0 saturated carbocycles. The topological polar surface area (TPSA) is 9.23 Å². The van der Waals surface area contributed by atoms with Crippen molar-refractivity contribution in [2.24, 2.45) is 0 Å².